The quantitative estimate of drug-likeness (QED) is 0.592. The van der Waals surface area contributed by atoms with Crippen LogP contribution < -0.4 is 0 Å². The molecule has 1 aromatic rings. The van der Waals surface area contributed by atoms with Crippen LogP contribution in [0.25, 0.3) is 0 Å². The Morgan fingerprint density at radius 3 is 1.55 bits per heavy atom. The van der Waals surface area contributed by atoms with Crippen molar-refractivity contribution in [1.29, 1.82) is 0 Å². The standard InChI is InChI=1S/C10H7ClF6O2S/c1-5(20(11,18)19)6-2-7(9(12,13)14)4-8(3-6)10(15,16)17/h2-5H,1H3. The maximum atomic E-state index is 12.5. The van der Waals surface area contributed by atoms with Crippen LogP contribution in [0.3, 0.4) is 0 Å². The van der Waals surface area contributed by atoms with E-state index >= 15 is 0 Å². The molecule has 0 saturated heterocycles. The number of benzene rings is 1. The predicted molar refractivity (Wildman–Crippen MR) is 59.6 cm³/mol. The van der Waals surface area contributed by atoms with E-state index < -0.39 is 43.3 Å². The first kappa shape index (κ1) is 17.1. The summed E-state index contributed by atoms with van der Waals surface area (Å²) in [6.45, 7) is 0.901. The average Bonchev–Trinajstić information content (AvgIpc) is 2.23. The van der Waals surface area contributed by atoms with Crippen LogP contribution in [0.1, 0.15) is 28.9 Å². The molecule has 0 aliphatic rings. The monoisotopic (exact) mass is 340 g/mol. The molecule has 20 heavy (non-hydrogen) atoms. The highest BCUT2D eigenvalue weighted by molar-refractivity contribution is 8.13. The molecule has 0 radical (unpaired) electrons. The molecule has 0 saturated carbocycles. The molecular formula is C10H7ClF6O2S. The summed E-state index contributed by atoms with van der Waals surface area (Å²) in [6.07, 6.45) is -10.1. The topological polar surface area (TPSA) is 34.1 Å². The van der Waals surface area contributed by atoms with E-state index in [0.717, 1.165) is 6.92 Å². The molecule has 0 heterocycles. The fourth-order valence-electron chi connectivity index (χ4n) is 1.38. The summed E-state index contributed by atoms with van der Waals surface area (Å²) in [5.74, 6) is 0. The van der Waals surface area contributed by atoms with Crippen LogP contribution >= 0.6 is 10.7 Å². The average molecular weight is 341 g/mol. The summed E-state index contributed by atoms with van der Waals surface area (Å²) >= 11 is 0. The van der Waals surface area contributed by atoms with Crippen LogP contribution in [0.4, 0.5) is 26.3 Å². The van der Waals surface area contributed by atoms with Crippen LogP contribution in [0, 0.1) is 0 Å². The minimum Gasteiger partial charge on any atom is -0.212 e. The molecule has 0 aliphatic heterocycles. The highest BCUT2D eigenvalue weighted by atomic mass is 35.7. The van der Waals surface area contributed by atoms with Gasteiger partial charge in [-0.05, 0) is 30.7 Å². The number of rotatable bonds is 2. The van der Waals surface area contributed by atoms with Crippen molar-refractivity contribution in [3.63, 3.8) is 0 Å². The van der Waals surface area contributed by atoms with E-state index in [1.807, 2.05) is 0 Å². The fourth-order valence-corrected chi connectivity index (χ4v) is 2.15. The van der Waals surface area contributed by atoms with Crippen molar-refractivity contribution in [2.24, 2.45) is 0 Å². The van der Waals surface area contributed by atoms with Crippen LogP contribution in [0.15, 0.2) is 18.2 Å². The third-order valence-corrected chi connectivity index (χ3v) is 4.42. The van der Waals surface area contributed by atoms with Crippen LogP contribution in [-0.2, 0) is 21.4 Å². The Bertz CT molecular complexity index is 573. The van der Waals surface area contributed by atoms with E-state index in [4.69, 9.17) is 10.7 Å². The summed E-state index contributed by atoms with van der Waals surface area (Å²) in [6, 6.07) is 0.580. The molecule has 0 aromatic heterocycles. The Morgan fingerprint density at radius 2 is 1.30 bits per heavy atom. The largest absolute Gasteiger partial charge is 0.416 e. The van der Waals surface area contributed by atoms with Gasteiger partial charge >= 0.3 is 12.4 Å². The molecule has 0 bridgehead atoms. The molecule has 1 atom stereocenters. The number of hydrogen-bond acceptors (Lipinski definition) is 2. The number of hydrogen-bond donors (Lipinski definition) is 0. The molecule has 1 unspecified atom stereocenters. The van der Waals surface area contributed by atoms with E-state index in [1.165, 1.54) is 0 Å². The lowest BCUT2D eigenvalue weighted by Gasteiger charge is -2.16. The highest BCUT2D eigenvalue weighted by Gasteiger charge is 2.38. The molecule has 2 nitrogen and oxygen atoms in total. The van der Waals surface area contributed by atoms with E-state index in [9.17, 15) is 34.8 Å². The third kappa shape index (κ3) is 4.02. The van der Waals surface area contributed by atoms with E-state index in [0.29, 0.717) is 12.1 Å². The smallest absolute Gasteiger partial charge is 0.212 e. The second kappa shape index (κ2) is 5.10. The van der Waals surface area contributed by atoms with Gasteiger partial charge in [0.05, 0.1) is 16.4 Å². The predicted octanol–water partition coefficient (Wildman–Crippen LogP) is 4.35. The van der Waals surface area contributed by atoms with Crippen molar-refractivity contribution in [3.05, 3.63) is 34.9 Å². The first-order chi connectivity index (χ1) is 8.73. The molecule has 0 aliphatic carbocycles. The van der Waals surface area contributed by atoms with Gasteiger partial charge in [-0.1, -0.05) is 0 Å². The molecule has 0 amide bonds. The molecule has 0 N–H and O–H groups in total. The number of alkyl halides is 6. The van der Waals surface area contributed by atoms with Crippen molar-refractivity contribution in [2.45, 2.75) is 24.5 Å². The summed E-state index contributed by atoms with van der Waals surface area (Å²) < 4.78 is 97.4. The van der Waals surface area contributed by atoms with Crippen molar-refractivity contribution in [1.82, 2.24) is 0 Å². The second-order valence-corrected chi connectivity index (χ2v) is 6.91. The van der Waals surface area contributed by atoms with E-state index in [2.05, 4.69) is 0 Å². The Morgan fingerprint density at radius 1 is 0.950 bits per heavy atom. The third-order valence-electron chi connectivity index (χ3n) is 2.50. The minimum absolute atomic E-state index is 0.0862. The van der Waals surface area contributed by atoms with Gasteiger partial charge in [-0.15, -0.1) is 0 Å². The molecule has 0 fully saturated rings. The highest BCUT2D eigenvalue weighted by Crippen LogP contribution is 2.38. The zero-order valence-electron chi connectivity index (χ0n) is 9.68. The first-order valence-electron chi connectivity index (χ1n) is 4.96. The molecular weight excluding hydrogens is 334 g/mol. The first-order valence-corrected chi connectivity index (χ1v) is 7.33. The SMILES string of the molecule is CC(c1cc(C(F)(F)F)cc(C(F)(F)F)c1)S(=O)(=O)Cl. The van der Waals surface area contributed by atoms with Crippen molar-refractivity contribution in [3.8, 4) is 0 Å². The Hall–Kier alpha value is -0.960. The Labute approximate surface area is 114 Å². The van der Waals surface area contributed by atoms with Gasteiger partial charge in [0.25, 0.3) is 0 Å². The summed E-state index contributed by atoms with van der Waals surface area (Å²) in [5.41, 5.74) is -3.86. The normalized spacial score (nSPS) is 15.2. The van der Waals surface area contributed by atoms with Gasteiger partial charge in [-0.2, -0.15) is 26.3 Å². The summed E-state index contributed by atoms with van der Waals surface area (Å²) in [5, 5.41) is -1.70. The van der Waals surface area contributed by atoms with Crippen LogP contribution in [0.5, 0.6) is 0 Å². The van der Waals surface area contributed by atoms with Crippen molar-refractivity contribution < 1.29 is 34.8 Å². The second-order valence-electron chi connectivity index (χ2n) is 3.96. The maximum Gasteiger partial charge on any atom is 0.416 e. The van der Waals surface area contributed by atoms with Crippen LogP contribution in [-0.4, -0.2) is 8.42 Å². The van der Waals surface area contributed by atoms with E-state index in [-0.39, 0.29) is 6.07 Å². The number of halogens is 7. The Kier molecular flexibility index (Phi) is 4.36. The minimum atomic E-state index is -5.04. The van der Waals surface area contributed by atoms with Crippen LogP contribution in [0.2, 0.25) is 0 Å². The van der Waals surface area contributed by atoms with Gasteiger partial charge in [0.2, 0.25) is 9.05 Å². The van der Waals surface area contributed by atoms with E-state index in [1.54, 1.807) is 0 Å². The van der Waals surface area contributed by atoms with Gasteiger partial charge in [0.1, 0.15) is 0 Å². The Balaban J connectivity index is 3.55. The van der Waals surface area contributed by atoms with Gasteiger partial charge < -0.3 is 0 Å². The lowest BCUT2D eigenvalue weighted by molar-refractivity contribution is -0.143. The molecule has 10 heteroatoms. The van der Waals surface area contributed by atoms with Gasteiger partial charge in [-0.25, -0.2) is 8.42 Å². The van der Waals surface area contributed by atoms with Crippen molar-refractivity contribution >= 4 is 19.7 Å². The maximum absolute atomic E-state index is 12.5. The zero-order valence-corrected chi connectivity index (χ0v) is 11.3. The van der Waals surface area contributed by atoms with Crippen molar-refractivity contribution in [2.75, 3.05) is 0 Å². The molecule has 114 valence electrons. The van der Waals surface area contributed by atoms with Gasteiger partial charge in [0, 0.05) is 10.7 Å². The molecule has 1 aromatic carbocycles. The molecule has 0 spiro atoms. The lowest BCUT2D eigenvalue weighted by atomic mass is 10.0. The summed E-state index contributed by atoms with van der Waals surface area (Å²) in [4.78, 5) is 0. The lowest BCUT2D eigenvalue weighted by Crippen LogP contribution is -2.13. The van der Waals surface area contributed by atoms with Gasteiger partial charge in [-0.3, -0.25) is 0 Å². The zero-order chi connectivity index (χ0) is 15.9. The van der Waals surface area contributed by atoms with Gasteiger partial charge in [0.15, 0.2) is 0 Å². The molecule has 1 rings (SSSR count). The summed E-state index contributed by atoms with van der Waals surface area (Å²) in [7, 11) is 0.618. The fraction of sp³-hybridized carbons (Fsp3) is 0.400.